The van der Waals surface area contributed by atoms with Crippen molar-refractivity contribution in [3.63, 3.8) is 0 Å². The predicted octanol–water partition coefficient (Wildman–Crippen LogP) is 1.27. The quantitative estimate of drug-likeness (QED) is 0.612. The standard InChI is InChI=1S/C16H11ClFN3O5/c1-2-26-16(25)6-3-10(9(18)5-8(6)17)21-11(22)4-7-12(13(21)19)15(24)20-14(7)23/h3-5H,2,19H2,1H3,(H,20,23,24). The Morgan fingerprint density at radius 3 is 2.62 bits per heavy atom. The number of ether oxygens (including phenoxy) is 1. The van der Waals surface area contributed by atoms with Gasteiger partial charge in [0.1, 0.15) is 11.6 Å². The van der Waals surface area contributed by atoms with Gasteiger partial charge < -0.3 is 10.5 Å². The highest BCUT2D eigenvalue weighted by molar-refractivity contribution is 6.33. The molecule has 1 aliphatic heterocycles. The van der Waals surface area contributed by atoms with E-state index in [-0.39, 0.29) is 28.3 Å². The molecule has 2 amide bonds. The second-order valence-corrected chi connectivity index (χ2v) is 5.69. The van der Waals surface area contributed by atoms with Crippen LogP contribution in [0.3, 0.4) is 0 Å². The average molecular weight is 380 g/mol. The minimum atomic E-state index is -0.957. The molecule has 0 saturated heterocycles. The predicted molar refractivity (Wildman–Crippen MR) is 89.2 cm³/mol. The van der Waals surface area contributed by atoms with Crippen LogP contribution in [0.5, 0.6) is 0 Å². The lowest BCUT2D eigenvalue weighted by atomic mass is 10.1. The summed E-state index contributed by atoms with van der Waals surface area (Å²) in [4.78, 5) is 47.9. The van der Waals surface area contributed by atoms with Crippen molar-refractivity contribution in [1.82, 2.24) is 9.88 Å². The molecule has 0 radical (unpaired) electrons. The van der Waals surface area contributed by atoms with Crippen LogP contribution in [0, 0.1) is 5.82 Å². The van der Waals surface area contributed by atoms with E-state index < -0.39 is 40.7 Å². The number of esters is 1. The molecule has 0 aliphatic carbocycles. The van der Waals surface area contributed by atoms with E-state index >= 15 is 0 Å². The summed E-state index contributed by atoms with van der Waals surface area (Å²) in [6.07, 6.45) is 0. The zero-order chi connectivity index (χ0) is 19.2. The molecular weight excluding hydrogens is 369 g/mol. The Hall–Kier alpha value is -3.20. The van der Waals surface area contributed by atoms with Crippen molar-refractivity contribution in [1.29, 1.82) is 0 Å². The van der Waals surface area contributed by atoms with Crippen molar-refractivity contribution >= 4 is 35.2 Å². The lowest BCUT2D eigenvalue weighted by Crippen LogP contribution is -2.25. The first kappa shape index (κ1) is 17.6. The van der Waals surface area contributed by atoms with Gasteiger partial charge >= 0.3 is 5.97 Å². The van der Waals surface area contributed by atoms with E-state index in [2.05, 4.69) is 0 Å². The Morgan fingerprint density at radius 1 is 1.27 bits per heavy atom. The Labute approximate surface area is 150 Å². The summed E-state index contributed by atoms with van der Waals surface area (Å²) in [5, 5.41) is 1.78. The fourth-order valence-electron chi connectivity index (χ4n) is 2.60. The van der Waals surface area contributed by atoms with Crippen molar-refractivity contribution in [3.05, 3.63) is 56.1 Å². The van der Waals surface area contributed by atoms with Gasteiger partial charge in [0.05, 0.1) is 34.0 Å². The summed E-state index contributed by atoms with van der Waals surface area (Å²) in [5.74, 6) is -3.80. The summed E-state index contributed by atoms with van der Waals surface area (Å²) in [5.41, 5.74) is 3.95. The number of nitrogen functional groups attached to an aromatic ring is 1. The monoisotopic (exact) mass is 379 g/mol. The van der Waals surface area contributed by atoms with E-state index in [0.717, 1.165) is 18.2 Å². The van der Waals surface area contributed by atoms with Crippen LogP contribution >= 0.6 is 11.6 Å². The first-order valence-corrected chi connectivity index (χ1v) is 7.71. The van der Waals surface area contributed by atoms with Crippen LogP contribution in [0.1, 0.15) is 38.0 Å². The maximum absolute atomic E-state index is 14.4. The van der Waals surface area contributed by atoms with Gasteiger partial charge in [0.15, 0.2) is 0 Å². The van der Waals surface area contributed by atoms with Gasteiger partial charge in [-0.25, -0.2) is 9.18 Å². The molecule has 2 aromatic rings. The molecular formula is C16H11ClFN3O5. The summed E-state index contributed by atoms with van der Waals surface area (Å²) >= 11 is 5.87. The Kier molecular flexibility index (Phi) is 4.25. The van der Waals surface area contributed by atoms with E-state index in [4.69, 9.17) is 22.1 Å². The van der Waals surface area contributed by atoms with Crippen molar-refractivity contribution in [2.45, 2.75) is 6.92 Å². The number of hydrogen-bond donors (Lipinski definition) is 2. The number of fused-ring (bicyclic) bond motifs is 1. The number of aromatic nitrogens is 1. The number of rotatable bonds is 3. The molecule has 2 heterocycles. The molecule has 0 atom stereocenters. The molecule has 1 aromatic carbocycles. The molecule has 0 unspecified atom stereocenters. The summed E-state index contributed by atoms with van der Waals surface area (Å²) in [6.45, 7) is 1.64. The highest BCUT2D eigenvalue weighted by Gasteiger charge is 2.32. The number of nitrogens with two attached hydrogens (primary N) is 1. The number of benzene rings is 1. The fraction of sp³-hybridized carbons (Fsp3) is 0.125. The summed E-state index contributed by atoms with van der Waals surface area (Å²) in [6, 6.07) is 2.69. The summed E-state index contributed by atoms with van der Waals surface area (Å²) in [7, 11) is 0. The maximum atomic E-state index is 14.4. The normalized spacial score (nSPS) is 12.7. The average Bonchev–Trinajstić information content (AvgIpc) is 2.83. The third-order valence-electron chi connectivity index (χ3n) is 3.73. The number of nitrogens with one attached hydrogen (secondary N) is 1. The number of amides is 2. The van der Waals surface area contributed by atoms with Gasteiger partial charge in [0.25, 0.3) is 17.4 Å². The zero-order valence-corrected chi connectivity index (χ0v) is 14.0. The highest BCUT2D eigenvalue weighted by Crippen LogP contribution is 2.28. The van der Waals surface area contributed by atoms with Gasteiger partial charge in [-0.2, -0.15) is 0 Å². The van der Waals surface area contributed by atoms with Crippen LogP contribution in [0.4, 0.5) is 10.2 Å². The SMILES string of the molecule is CCOC(=O)c1cc(-n2c(N)c3c(cc2=O)C(=O)NC3=O)c(F)cc1Cl. The molecule has 0 bridgehead atoms. The largest absolute Gasteiger partial charge is 0.462 e. The molecule has 10 heteroatoms. The lowest BCUT2D eigenvalue weighted by Gasteiger charge is -2.14. The lowest BCUT2D eigenvalue weighted by molar-refractivity contribution is 0.0526. The number of halogens is 2. The Morgan fingerprint density at radius 2 is 1.96 bits per heavy atom. The molecule has 1 aliphatic rings. The minimum Gasteiger partial charge on any atom is -0.462 e. The molecule has 0 fully saturated rings. The van der Waals surface area contributed by atoms with Crippen LogP contribution in [-0.2, 0) is 4.74 Å². The van der Waals surface area contributed by atoms with Crippen LogP contribution in [0.2, 0.25) is 5.02 Å². The zero-order valence-electron chi connectivity index (χ0n) is 13.3. The van der Waals surface area contributed by atoms with Gasteiger partial charge in [-0.05, 0) is 19.1 Å². The van der Waals surface area contributed by atoms with E-state index in [9.17, 15) is 23.6 Å². The van der Waals surface area contributed by atoms with E-state index in [1.54, 1.807) is 6.92 Å². The number of hydrogen-bond acceptors (Lipinski definition) is 6. The smallest absolute Gasteiger partial charge is 0.339 e. The molecule has 3 N–H and O–H groups in total. The Balaban J connectivity index is 2.29. The Bertz CT molecular complexity index is 1050. The number of carbonyl (C=O) groups excluding carboxylic acids is 3. The molecule has 0 spiro atoms. The molecule has 26 heavy (non-hydrogen) atoms. The minimum absolute atomic E-state index is 0.0606. The first-order valence-electron chi connectivity index (χ1n) is 7.34. The number of nitrogens with zero attached hydrogens (tertiary/aromatic N) is 1. The number of pyridine rings is 1. The van der Waals surface area contributed by atoms with Gasteiger partial charge in [0.2, 0.25) is 0 Å². The molecule has 134 valence electrons. The number of imide groups is 1. The molecule has 1 aromatic heterocycles. The van der Waals surface area contributed by atoms with E-state index in [0.29, 0.717) is 4.57 Å². The number of anilines is 1. The van der Waals surface area contributed by atoms with E-state index in [1.807, 2.05) is 5.32 Å². The van der Waals surface area contributed by atoms with Crippen LogP contribution in [0.25, 0.3) is 5.69 Å². The highest BCUT2D eigenvalue weighted by atomic mass is 35.5. The van der Waals surface area contributed by atoms with Gasteiger partial charge in [-0.15, -0.1) is 0 Å². The van der Waals surface area contributed by atoms with Crippen molar-refractivity contribution < 1.29 is 23.5 Å². The second-order valence-electron chi connectivity index (χ2n) is 5.28. The first-order chi connectivity index (χ1) is 12.3. The van der Waals surface area contributed by atoms with Gasteiger partial charge in [0, 0.05) is 6.07 Å². The topological polar surface area (TPSA) is 120 Å². The van der Waals surface area contributed by atoms with Crippen molar-refractivity contribution in [3.8, 4) is 5.69 Å². The van der Waals surface area contributed by atoms with E-state index in [1.165, 1.54) is 0 Å². The molecule has 3 rings (SSSR count). The third kappa shape index (κ3) is 2.62. The van der Waals surface area contributed by atoms with Crippen LogP contribution in [-0.4, -0.2) is 29.0 Å². The number of carbonyl (C=O) groups is 3. The van der Waals surface area contributed by atoms with Crippen LogP contribution in [0.15, 0.2) is 23.0 Å². The van der Waals surface area contributed by atoms with Crippen molar-refractivity contribution in [2.75, 3.05) is 12.3 Å². The molecule has 0 saturated carbocycles. The maximum Gasteiger partial charge on any atom is 0.339 e. The van der Waals surface area contributed by atoms with Crippen molar-refractivity contribution in [2.24, 2.45) is 0 Å². The van der Waals surface area contributed by atoms with Crippen LogP contribution < -0.4 is 16.6 Å². The van der Waals surface area contributed by atoms with Gasteiger partial charge in [-0.3, -0.25) is 24.3 Å². The summed E-state index contributed by atoms with van der Waals surface area (Å²) < 4.78 is 19.9. The molecule has 8 nitrogen and oxygen atoms in total. The van der Waals surface area contributed by atoms with Gasteiger partial charge in [-0.1, -0.05) is 11.6 Å². The fourth-order valence-corrected chi connectivity index (χ4v) is 2.83. The third-order valence-corrected chi connectivity index (χ3v) is 4.04. The second kappa shape index (κ2) is 6.26.